The van der Waals surface area contributed by atoms with Crippen LogP contribution in [0.25, 0.3) is 0 Å². The minimum atomic E-state index is 0.00730. The van der Waals surface area contributed by atoms with E-state index in [4.69, 9.17) is 0 Å². The van der Waals surface area contributed by atoms with Crippen molar-refractivity contribution in [3.05, 3.63) is 71.3 Å². The third-order valence-corrected chi connectivity index (χ3v) is 3.87. The van der Waals surface area contributed by atoms with Crippen molar-refractivity contribution in [1.82, 2.24) is 0 Å². The van der Waals surface area contributed by atoms with Gasteiger partial charge in [0.25, 0.3) is 0 Å². The first-order chi connectivity index (χ1) is 9.88. The molecule has 0 saturated carbocycles. The molecular formula is C20H24O. The first kappa shape index (κ1) is 15.5. The van der Waals surface area contributed by atoms with Crippen LogP contribution >= 0.6 is 0 Å². The standard InChI is InChI=1S/C20H24O/c1-15(14-16-8-6-5-7-9-16)19(21)17-10-12-18(13-11-17)20(2,3)4/h5-13,15H,14H2,1-4H3. The molecule has 0 saturated heterocycles. The Bertz CT molecular complexity index is 588. The Morgan fingerprint density at radius 2 is 1.52 bits per heavy atom. The highest BCUT2D eigenvalue weighted by Gasteiger charge is 2.18. The Morgan fingerprint density at radius 3 is 2.05 bits per heavy atom. The highest BCUT2D eigenvalue weighted by molar-refractivity contribution is 5.97. The van der Waals surface area contributed by atoms with Crippen molar-refractivity contribution >= 4 is 5.78 Å². The second-order valence-corrected chi connectivity index (χ2v) is 6.78. The van der Waals surface area contributed by atoms with E-state index in [0.29, 0.717) is 0 Å². The minimum Gasteiger partial charge on any atom is -0.294 e. The zero-order chi connectivity index (χ0) is 15.5. The summed E-state index contributed by atoms with van der Waals surface area (Å²) in [5.74, 6) is 0.229. The van der Waals surface area contributed by atoms with Crippen LogP contribution in [-0.2, 0) is 11.8 Å². The Hall–Kier alpha value is -1.89. The summed E-state index contributed by atoms with van der Waals surface area (Å²) in [5.41, 5.74) is 3.41. The summed E-state index contributed by atoms with van der Waals surface area (Å²) in [6.45, 7) is 8.55. The second kappa shape index (κ2) is 6.26. The Labute approximate surface area is 128 Å². The average Bonchev–Trinajstić information content (AvgIpc) is 2.46. The minimum absolute atomic E-state index is 0.00730. The van der Waals surface area contributed by atoms with Crippen LogP contribution < -0.4 is 0 Å². The molecule has 1 heteroatoms. The van der Waals surface area contributed by atoms with E-state index >= 15 is 0 Å². The van der Waals surface area contributed by atoms with E-state index < -0.39 is 0 Å². The highest BCUT2D eigenvalue weighted by Crippen LogP contribution is 2.23. The van der Waals surface area contributed by atoms with Gasteiger partial charge in [0.05, 0.1) is 0 Å². The number of carbonyl (C=O) groups excluding carboxylic acids is 1. The van der Waals surface area contributed by atoms with Crippen LogP contribution in [0.4, 0.5) is 0 Å². The van der Waals surface area contributed by atoms with Gasteiger partial charge in [0.2, 0.25) is 0 Å². The lowest BCUT2D eigenvalue weighted by molar-refractivity contribution is 0.0929. The maximum atomic E-state index is 12.5. The summed E-state index contributed by atoms with van der Waals surface area (Å²) >= 11 is 0. The molecule has 0 fully saturated rings. The fourth-order valence-electron chi connectivity index (χ4n) is 2.48. The molecule has 0 aliphatic carbocycles. The Balaban J connectivity index is 2.09. The van der Waals surface area contributed by atoms with Crippen molar-refractivity contribution in [1.29, 1.82) is 0 Å². The Kier molecular flexibility index (Phi) is 4.62. The SMILES string of the molecule is CC(Cc1ccccc1)C(=O)c1ccc(C(C)(C)C)cc1. The molecule has 0 heterocycles. The third kappa shape index (κ3) is 4.04. The van der Waals surface area contributed by atoms with Crippen molar-refractivity contribution < 1.29 is 4.79 Å². The summed E-state index contributed by atoms with van der Waals surface area (Å²) in [7, 11) is 0. The van der Waals surface area contributed by atoms with Crippen LogP contribution in [0, 0.1) is 5.92 Å². The molecule has 0 spiro atoms. The lowest BCUT2D eigenvalue weighted by Crippen LogP contribution is -2.15. The van der Waals surface area contributed by atoms with Crippen molar-refractivity contribution in [2.45, 2.75) is 39.5 Å². The van der Waals surface area contributed by atoms with E-state index in [1.54, 1.807) is 0 Å². The van der Waals surface area contributed by atoms with E-state index in [2.05, 4.69) is 45.0 Å². The van der Waals surface area contributed by atoms with Crippen molar-refractivity contribution in [3.8, 4) is 0 Å². The summed E-state index contributed by atoms with van der Waals surface area (Å²) < 4.78 is 0. The van der Waals surface area contributed by atoms with Gasteiger partial charge >= 0.3 is 0 Å². The van der Waals surface area contributed by atoms with E-state index in [1.165, 1.54) is 11.1 Å². The molecule has 1 unspecified atom stereocenters. The van der Waals surface area contributed by atoms with Gasteiger partial charge in [-0.1, -0.05) is 82.3 Å². The highest BCUT2D eigenvalue weighted by atomic mass is 16.1. The molecule has 2 aromatic carbocycles. The van der Waals surface area contributed by atoms with Gasteiger partial charge in [0, 0.05) is 11.5 Å². The van der Waals surface area contributed by atoms with Crippen LogP contribution in [0.3, 0.4) is 0 Å². The lowest BCUT2D eigenvalue weighted by Gasteiger charge is -2.19. The van der Waals surface area contributed by atoms with Gasteiger partial charge in [0.1, 0.15) is 0 Å². The monoisotopic (exact) mass is 280 g/mol. The number of rotatable bonds is 4. The molecule has 1 atom stereocenters. The topological polar surface area (TPSA) is 17.1 Å². The summed E-state index contributed by atoms with van der Waals surface area (Å²) in [5, 5.41) is 0. The molecule has 0 bridgehead atoms. The van der Waals surface area contributed by atoms with Crippen molar-refractivity contribution in [3.63, 3.8) is 0 Å². The molecule has 21 heavy (non-hydrogen) atoms. The smallest absolute Gasteiger partial charge is 0.165 e. The molecular weight excluding hydrogens is 256 g/mol. The summed E-state index contributed by atoms with van der Waals surface area (Å²) in [6, 6.07) is 18.3. The lowest BCUT2D eigenvalue weighted by atomic mass is 9.85. The average molecular weight is 280 g/mol. The zero-order valence-electron chi connectivity index (χ0n) is 13.4. The Morgan fingerprint density at radius 1 is 0.952 bits per heavy atom. The number of benzene rings is 2. The molecule has 0 aromatic heterocycles. The van der Waals surface area contributed by atoms with Crippen LogP contribution in [0.2, 0.25) is 0 Å². The predicted octanol–water partition coefficient (Wildman–Crippen LogP) is 5.05. The molecule has 2 rings (SSSR count). The van der Waals surface area contributed by atoms with Crippen LogP contribution in [0.15, 0.2) is 54.6 Å². The number of ketones is 1. The molecule has 2 aromatic rings. The number of hydrogen-bond donors (Lipinski definition) is 0. The fourth-order valence-corrected chi connectivity index (χ4v) is 2.48. The molecule has 110 valence electrons. The third-order valence-electron chi connectivity index (χ3n) is 3.87. The van der Waals surface area contributed by atoms with E-state index in [0.717, 1.165) is 12.0 Å². The number of carbonyl (C=O) groups is 1. The van der Waals surface area contributed by atoms with Crippen LogP contribution in [-0.4, -0.2) is 5.78 Å². The summed E-state index contributed by atoms with van der Waals surface area (Å²) in [6.07, 6.45) is 0.792. The first-order valence-electron chi connectivity index (χ1n) is 7.56. The van der Waals surface area contributed by atoms with Gasteiger partial charge in [-0.3, -0.25) is 4.79 Å². The van der Waals surface area contributed by atoms with E-state index in [-0.39, 0.29) is 17.1 Å². The van der Waals surface area contributed by atoms with E-state index in [1.807, 2.05) is 37.3 Å². The number of hydrogen-bond acceptors (Lipinski definition) is 1. The number of Topliss-reactive ketones (excluding diaryl/α,β-unsaturated/α-hetero) is 1. The molecule has 1 nitrogen and oxygen atoms in total. The molecule has 0 amide bonds. The maximum Gasteiger partial charge on any atom is 0.165 e. The zero-order valence-corrected chi connectivity index (χ0v) is 13.4. The van der Waals surface area contributed by atoms with Gasteiger partial charge in [-0.15, -0.1) is 0 Å². The van der Waals surface area contributed by atoms with Crippen molar-refractivity contribution in [2.24, 2.45) is 5.92 Å². The van der Waals surface area contributed by atoms with Gasteiger partial charge in [-0.25, -0.2) is 0 Å². The molecule has 0 N–H and O–H groups in total. The molecule has 0 aliphatic rings. The second-order valence-electron chi connectivity index (χ2n) is 6.78. The molecule has 0 radical (unpaired) electrons. The van der Waals surface area contributed by atoms with Crippen molar-refractivity contribution in [2.75, 3.05) is 0 Å². The van der Waals surface area contributed by atoms with Crippen LogP contribution in [0.1, 0.15) is 49.2 Å². The summed E-state index contributed by atoms with van der Waals surface area (Å²) in [4.78, 5) is 12.5. The van der Waals surface area contributed by atoms with E-state index in [9.17, 15) is 4.79 Å². The normalized spacial score (nSPS) is 13.0. The maximum absolute atomic E-state index is 12.5. The predicted molar refractivity (Wildman–Crippen MR) is 88.8 cm³/mol. The van der Waals surface area contributed by atoms with Gasteiger partial charge in [-0.05, 0) is 23.0 Å². The fraction of sp³-hybridized carbons (Fsp3) is 0.350. The molecule has 0 aliphatic heterocycles. The quantitative estimate of drug-likeness (QED) is 0.717. The van der Waals surface area contributed by atoms with Gasteiger partial charge < -0.3 is 0 Å². The largest absolute Gasteiger partial charge is 0.294 e. The van der Waals surface area contributed by atoms with Gasteiger partial charge in [-0.2, -0.15) is 0 Å². The van der Waals surface area contributed by atoms with Crippen LogP contribution in [0.5, 0.6) is 0 Å². The first-order valence-corrected chi connectivity index (χ1v) is 7.56. The van der Waals surface area contributed by atoms with Gasteiger partial charge in [0.15, 0.2) is 5.78 Å².